The zero-order valence-corrected chi connectivity index (χ0v) is 20.5. The zero-order valence-electron chi connectivity index (χ0n) is 19.7. The zero-order chi connectivity index (χ0) is 25.2. The molecule has 0 saturated carbocycles. The Kier molecular flexibility index (Phi) is 6.31. The standard InChI is InChI=1S/C29H23NO5S/c1-18-7-5-8-21(17-18)35-20-14-12-19(13-15-20)30-26(24-11-6-16-36-24)25(28(32)29(30)33)27(31)22-9-3-4-10-23(22)34-2/h3-17,26,31H,1-2H3/b27-25-. The molecule has 1 atom stereocenters. The van der Waals surface area contributed by atoms with Gasteiger partial charge in [0.25, 0.3) is 11.7 Å². The number of carbonyl (C=O) groups is 2. The van der Waals surface area contributed by atoms with E-state index in [-0.39, 0.29) is 11.3 Å². The van der Waals surface area contributed by atoms with Crippen LogP contribution in [0.2, 0.25) is 0 Å². The first-order valence-corrected chi connectivity index (χ1v) is 12.2. The van der Waals surface area contributed by atoms with Crippen LogP contribution in [-0.4, -0.2) is 23.9 Å². The SMILES string of the molecule is COc1ccccc1/C(O)=C1/C(=O)C(=O)N(c2ccc(Oc3cccc(C)c3)cc2)C1c1cccs1. The molecule has 1 fully saturated rings. The van der Waals surface area contributed by atoms with Crippen molar-refractivity contribution in [3.63, 3.8) is 0 Å². The molecule has 36 heavy (non-hydrogen) atoms. The fourth-order valence-corrected chi connectivity index (χ4v) is 5.11. The molecular formula is C29H23NO5S. The monoisotopic (exact) mass is 497 g/mol. The highest BCUT2D eigenvalue weighted by molar-refractivity contribution is 7.10. The summed E-state index contributed by atoms with van der Waals surface area (Å²) in [4.78, 5) is 28.8. The Morgan fingerprint density at radius 3 is 2.39 bits per heavy atom. The number of rotatable bonds is 6. The molecule has 1 saturated heterocycles. The summed E-state index contributed by atoms with van der Waals surface area (Å²) < 4.78 is 11.3. The number of ether oxygens (including phenoxy) is 2. The predicted octanol–water partition coefficient (Wildman–Crippen LogP) is 6.48. The average molecular weight is 498 g/mol. The summed E-state index contributed by atoms with van der Waals surface area (Å²) in [5.74, 6) is -0.0230. The molecule has 1 unspecified atom stereocenters. The number of para-hydroxylation sites is 1. The Morgan fingerprint density at radius 1 is 0.917 bits per heavy atom. The minimum atomic E-state index is -0.779. The molecule has 0 spiro atoms. The predicted molar refractivity (Wildman–Crippen MR) is 140 cm³/mol. The van der Waals surface area contributed by atoms with Crippen molar-refractivity contribution in [1.82, 2.24) is 0 Å². The van der Waals surface area contributed by atoms with Gasteiger partial charge in [-0.1, -0.05) is 30.3 Å². The minimum Gasteiger partial charge on any atom is -0.507 e. The Bertz CT molecular complexity index is 1460. The lowest BCUT2D eigenvalue weighted by molar-refractivity contribution is -0.132. The van der Waals surface area contributed by atoms with E-state index in [2.05, 4.69) is 0 Å². The maximum Gasteiger partial charge on any atom is 0.300 e. The van der Waals surface area contributed by atoms with Crippen LogP contribution in [0.3, 0.4) is 0 Å². The minimum absolute atomic E-state index is 0.0204. The lowest BCUT2D eigenvalue weighted by atomic mass is 9.99. The van der Waals surface area contributed by atoms with Crippen molar-refractivity contribution >= 4 is 34.5 Å². The summed E-state index contributed by atoms with van der Waals surface area (Å²) in [5.41, 5.74) is 1.97. The van der Waals surface area contributed by atoms with Crippen LogP contribution >= 0.6 is 11.3 Å². The number of nitrogens with zero attached hydrogens (tertiary/aromatic N) is 1. The summed E-state index contributed by atoms with van der Waals surface area (Å²) in [7, 11) is 1.49. The number of benzene rings is 3. The average Bonchev–Trinajstić information content (AvgIpc) is 3.51. The summed E-state index contributed by atoms with van der Waals surface area (Å²) in [6.45, 7) is 1.99. The van der Waals surface area contributed by atoms with E-state index in [9.17, 15) is 14.7 Å². The molecule has 1 aromatic heterocycles. The van der Waals surface area contributed by atoms with Gasteiger partial charge < -0.3 is 14.6 Å². The molecule has 4 aromatic rings. The van der Waals surface area contributed by atoms with Crippen molar-refractivity contribution in [2.45, 2.75) is 13.0 Å². The van der Waals surface area contributed by atoms with Gasteiger partial charge in [-0.05, 0) is 72.5 Å². The topological polar surface area (TPSA) is 76.1 Å². The third kappa shape index (κ3) is 4.25. The first-order valence-electron chi connectivity index (χ1n) is 11.3. The highest BCUT2D eigenvalue weighted by Crippen LogP contribution is 2.44. The molecule has 0 radical (unpaired) electrons. The summed E-state index contributed by atoms with van der Waals surface area (Å²) in [6, 6.07) is 24.5. The Hall–Kier alpha value is -4.36. The largest absolute Gasteiger partial charge is 0.507 e. The van der Waals surface area contributed by atoms with Gasteiger partial charge in [-0.2, -0.15) is 0 Å². The van der Waals surface area contributed by atoms with Crippen LogP contribution in [0.5, 0.6) is 17.2 Å². The molecule has 1 aliphatic heterocycles. The van der Waals surface area contributed by atoms with Crippen LogP contribution in [-0.2, 0) is 9.59 Å². The van der Waals surface area contributed by atoms with E-state index in [0.717, 1.165) is 10.4 Å². The lowest BCUT2D eigenvalue weighted by Crippen LogP contribution is -2.29. The number of amides is 1. The van der Waals surface area contributed by atoms with Gasteiger partial charge in [-0.15, -0.1) is 11.3 Å². The second kappa shape index (κ2) is 9.71. The Balaban J connectivity index is 1.56. The van der Waals surface area contributed by atoms with E-state index in [0.29, 0.717) is 28.5 Å². The maximum atomic E-state index is 13.3. The Labute approximate surface area is 212 Å². The molecule has 5 rings (SSSR count). The fraction of sp³-hybridized carbons (Fsp3) is 0.103. The molecule has 2 heterocycles. The fourth-order valence-electron chi connectivity index (χ4n) is 4.29. The van der Waals surface area contributed by atoms with Crippen LogP contribution < -0.4 is 14.4 Å². The molecule has 180 valence electrons. The summed E-state index contributed by atoms with van der Waals surface area (Å²) >= 11 is 1.41. The van der Waals surface area contributed by atoms with Crippen molar-refractivity contribution in [2.24, 2.45) is 0 Å². The molecule has 3 aromatic carbocycles. The smallest absolute Gasteiger partial charge is 0.300 e. The number of hydrogen-bond donors (Lipinski definition) is 1. The van der Waals surface area contributed by atoms with Crippen LogP contribution in [0.4, 0.5) is 5.69 Å². The van der Waals surface area contributed by atoms with Crippen LogP contribution in [0, 0.1) is 6.92 Å². The van der Waals surface area contributed by atoms with Crippen LogP contribution in [0.15, 0.2) is 95.9 Å². The van der Waals surface area contributed by atoms with Gasteiger partial charge in [0.1, 0.15) is 29.0 Å². The van der Waals surface area contributed by atoms with Gasteiger partial charge in [0.2, 0.25) is 0 Å². The molecule has 1 amide bonds. The van der Waals surface area contributed by atoms with Gasteiger partial charge in [0.15, 0.2) is 0 Å². The molecule has 7 heteroatoms. The molecule has 1 aliphatic rings. The number of aliphatic hydroxyl groups is 1. The summed E-state index contributed by atoms with van der Waals surface area (Å²) in [5, 5.41) is 13.1. The molecular weight excluding hydrogens is 474 g/mol. The number of carbonyl (C=O) groups excluding carboxylic acids is 2. The Morgan fingerprint density at radius 2 is 1.69 bits per heavy atom. The third-order valence-corrected chi connectivity index (χ3v) is 6.88. The highest BCUT2D eigenvalue weighted by Gasteiger charge is 2.47. The van der Waals surface area contributed by atoms with Crippen molar-refractivity contribution in [3.05, 3.63) is 112 Å². The third-order valence-electron chi connectivity index (χ3n) is 5.96. The molecule has 6 nitrogen and oxygen atoms in total. The number of hydrogen-bond acceptors (Lipinski definition) is 6. The first kappa shape index (κ1) is 23.4. The number of ketones is 1. The van der Waals surface area contributed by atoms with Gasteiger partial charge in [-0.3, -0.25) is 14.5 Å². The lowest BCUT2D eigenvalue weighted by Gasteiger charge is -2.24. The summed E-state index contributed by atoms with van der Waals surface area (Å²) in [6.07, 6.45) is 0. The quantitative estimate of drug-likeness (QED) is 0.187. The molecule has 1 N–H and O–H groups in total. The molecule has 0 bridgehead atoms. The van der Waals surface area contributed by atoms with Crippen LogP contribution in [0.1, 0.15) is 22.0 Å². The number of anilines is 1. The van der Waals surface area contributed by atoms with Gasteiger partial charge in [0, 0.05) is 10.6 Å². The second-order valence-electron chi connectivity index (χ2n) is 8.30. The van der Waals surface area contributed by atoms with Crippen molar-refractivity contribution in [2.75, 3.05) is 12.0 Å². The van der Waals surface area contributed by atoms with E-state index in [1.807, 2.05) is 48.7 Å². The van der Waals surface area contributed by atoms with E-state index < -0.39 is 17.7 Å². The van der Waals surface area contributed by atoms with Gasteiger partial charge in [0.05, 0.1) is 18.2 Å². The van der Waals surface area contributed by atoms with Crippen molar-refractivity contribution in [3.8, 4) is 17.2 Å². The van der Waals surface area contributed by atoms with Crippen LogP contribution in [0.25, 0.3) is 5.76 Å². The van der Waals surface area contributed by atoms with E-state index in [1.165, 1.54) is 23.3 Å². The van der Waals surface area contributed by atoms with Crippen molar-refractivity contribution in [1.29, 1.82) is 0 Å². The maximum absolute atomic E-state index is 13.3. The number of aryl methyl sites for hydroxylation is 1. The first-order chi connectivity index (χ1) is 17.5. The van der Waals surface area contributed by atoms with E-state index >= 15 is 0 Å². The number of Topliss-reactive ketones (excluding diaryl/α,β-unsaturated/α-hetero) is 1. The van der Waals surface area contributed by atoms with Gasteiger partial charge in [-0.25, -0.2) is 0 Å². The molecule has 0 aliphatic carbocycles. The number of aliphatic hydroxyl groups excluding tert-OH is 1. The second-order valence-corrected chi connectivity index (χ2v) is 9.28. The van der Waals surface area contributed by atoms with Crippen molar-refractivity contribution < 1.29 is 24.2 Å². The number of methoxy groups -OCH3 is 1. The van der Waals surface area contributed by atoms with E-state index in [1.54, 1.807) is 48.5 Å². The normalized spacial score (nSPS) is 16.8. The van der Waals surface area contributed by atoms with E-state index in [4.69, 9.17) is 9.47 Å². The number of thiophene rings is 1. The van der Waals surface area contributed by atoms with Gasteiger partial charge >= 0.3 is 0 Å². The highest BCUT2D eigenvalue weighted by atomic mass is 32.1.